The van der Waals surface area contributed by atoms with Gasteiger partial charge in [-0.15, -0.1) is 10.2 Å². The van der Waals surface area contributed by atoms with Crippen LogP contribution in [0.3, 0.4) is 0 Å². The van der Waals surface area contributed by atoms with E-state index < -0.39 is 0 Å². The molecule has 0 amide bonds. The molecule has 2 atom stereocenters. The van der Waals surface area contributed by atoms with Gasteiger partial charge in [0, 0.05) is 12.1 Å². The van der Waals surface area contributed by atoms with Crippen LogP contribution in [0.2, 0.25) is 0 Å². The number of rotatable bonds is 6. The molecule has 3 aromatic rings. The SMILES string of the molecule is Cc1ccc(-n2[nH]c(C)c(N=Nc3cccc(C4CCCC(NC5CC5)C4)c3O)c2=O)cc1C. The standard InChI is InChI=1S/C27H33N5O2/c1-16-10-13-22(14-17(16)2)32-27(34)25(18(3)31-32)30-29-24-9-5-8-23(26(24)33)19-6-4-7-21(15-19)28-20-11-12-20/h5,8-10,13-14,19-21,28,31,33H,4,6-7,11-12,15H2,1-3H3. The number of hydrogen-bond donors (Lipinski definition) is 3. The van der Waals surface area contributed by atoms with Crippen molar-refractivity contribution in [3.63, 3.8) is 0 Å². The van der Waals surface area contributed by atoms with E-state index in [1.165, 1.54) is 29.5 Å². The Labute approximate surface area is 199 Å². The van der Waals surface area contributed by atoms with Crippen LogP contribution in [0.4, 0.5) is 11.4 Å². The van der Waals surface area contributed by atoms with Gasteiger partial charge in [-0.2, -0.15) is 0 Å². The van der Waals surface area contributed by atoms with E-state index in [4.69, 9.17) is 0 Å². The van der Waals surface area contributed by atoms with Crippen LogP contribution >= 0.6 is 0 Å². The Bertz CT molecular complexity index is 1280. The summed E-state index contributed by atoms with van der Waals surface area (Å²) >= 11 is 0. The summed E-state index contributed by atoms with van der Waals surface area (Å²) in [5.41, 5.74) is 4.97. The third-order valence-corrected chi connectivity index (χ3v) is 7.26. The van der Waals surface area contributed by atoms with Gasteiger partial charge in [-0.05, 0) is 93.7 Å². The fraction of sp³-hybridized carbons (Fsp3) is 0.444. The molecular weight excluding hydrogens is 426 g/mol. The van der Waals surface area contributed by atoms with Gasteiger partial charge in [0.05, 0.1) is 11.4 Å². The van der Waals surface area contributed by atoms with Crippen molar-refractivity contribution in [2.24, 2.45) is 10.2 Å². The highest BCUT2D eigenvalue weighted by atomic mass is 16.3. The lowest BCUT2D eigenvalue weighted by atomic mass is 9.81. The highest BCUT2D eigenvalue weighted by molar-refractivity contribution is 5.56. The first-order valence-corrected chi connectivity index (χ1v) is 12.3. The minimum absolute atomic E-state index is 0.172. The maximum absolute atomic E-state index is 13.0. The fourth-order valence-electron chi connectivity index (χ4n) is 4.97. The Morgan fingerprint density at radius 3 is 2.59 bits per heavy atom. The zero-order chi connectivity index (χ0) is 23.8. The smallest absolute Gasteiger partial charge is 0.299 e. The predicted molar refractivity (Wildman–Crippen MR) is 134 cm³/mol. The van der Waals surface area contributed by atoms with Crippen LogP contribution in [0.1, 0.15) is 66.8 Å². The topological polar surface area (TPSA) is 94.8 Å². The van der Waals surface area contributed by atoms with Crippen LogP contribution in [0, 0.1) is 20.8 Å². The molecule has 0 radical (unpaired) electrons. The number of phenolic OH excluding ortho intramolecular Hbond substituents is 1. The molecule has 3 N–H and O–H groups in total. The van der Waals surface area contributed by atoms with Crippen LogP contribution in [-0.4, -0.2) is 27.0 Å². The molecule has 0 spiro atoms. The molecule has 2 aliphatic carbocycles. The Morgan fingerprint density at radius 1 is 1.00 bits per heavy atom. The summed E-state index contributed by atoms with van der Waals surface area (Å²) in [5.74, 6) is 0.474. The Balaban J connectivity index is 1.39. The number of benzene rings is 2. The van der Waals surface area contributed by atoms with Gasteiger partial charge in [-0.25, -0.2) is 4.68 Å². The molecule has 2 aliphatic rings. The van der Waals surface area contributed by atoms with Gasteiger partial charge in [-0.3, -0.25) is 9.89 Å². The van der Waals surface area contributed by atoms with Gasteiger partial charge in [0.2, 0.25) is 0 Å². The van der Waals surface area contributed by atoms with E-state index in [2.05, 4.69) is 20.6 Å². The van der Waals surface area contributed by atoms with Crippen LogP contribution in [0.15, 0.2) is 51.4 Å². The number of nitrogens with one attached hydrogen (secondary N) is 2. The number of aryl methyl sites for hydroxylation is 3. The van der Waals surface area contributed by atoms with E-state index in [1.807, 2.05) is 44.2 Å². The van der Waals surface area contributed by atoms with E-state index in [-0.39, 0.29) is 17.0 Å². The highest BCUT2D eigenvalue weighted by Crippen LogP contribution is 2.42. The second-order valence-electron chi connectivity index (χ2n) is 9.91. The molecular formula is C27H33N5O2. The summed E-state index contributed by atoms with van der Waals surface area (Å²) in [6.45, 7) is 5.87. The molecule has 1 heterocycles. The lowest BCUT2D eigenvalue weighted by molar-refractivity contribution is 0.331. The van der Waals surface area contributed by atoms with Crippen LogP contribution < -0.4 is 10.9 Å². The number of aromatic hydroxyl groups is 1. The highest BCUT2D eigenvalue weighted by Gasteiger charge is 2.30. The number of phenols is 1. The van der Waals surface area contributed by atoms with Crippen molar-refractivity contribution >= 4 is 11.4 Å². The van der Waals surface area contributed by atoms with Gasteiger partial charge >= 0.3 is 0 Å². The van der Waals surface area contributed by atoms with Crippen molar-refractivity contribution in [3.05, 3.63) is 69.1 Å². The quantitative estimate of drug-likeness (QED) is 0.395. The van der Waals surface area contributed by atoms with Crippen molar-refractivity contribution in [1.82, 2.24) is 15.1 Å². The number of hydrogen-bond acceptors (Lipinski definition) is 5. The fourth-order valence-corrected chi connectivity index (χ4v) is 4.97. The van der Waals surface area contributed by atoms with Gasteiger partial charge in [0.15, 0.2) is 5.69 Å². The summed E-state index contributed by atoms with van der Waals surface area (Å²) in [6, 6.07) is 12.7. The molecule has 34 heavy (non-hydrogen) atoms. The van der Waals surface area contributed by atoms with E-state index in [9.17, 15) is 9.90 Å². The largest absolute Gasteiger partial charge is 0.505 e. The van der Waals surface area contributed by atoms with Gasteiger partial charge in [-0.1, -0.05) is 24.6 Å². The number of aromatic nitrogens is 2. The average Bonchev–Trinajstić information content (AvgIpc) is 3.59. The summed E-state index contributed by atoms with van der Waals surface area (Å²) in [5, 5.41) is 26.4. The first kappa shape index (κ1) is 22.6. The zero-order valence-corrected chi connectivity index (χ0v) is 20.1. The Kier molecular flexibility index (Phi) is 6.13. The summed E-state index contributed by atoms with van der Waals surface area (Å²) < 4.78 is 1.49. The van der Waals surface area contributed by atoms with Crippen molar-refractivity contribution in [1.29, 1.82) is 0 Å². The number of azo groups is 1. The molecule has 2 unspecified atom stereocenters. The first-order chi connectivity index (χ1) is 16.4. The van der Waals surface area contributed by atoms with E-state index in [0.29, 0.717) is 29.4 Å². The van der Waals surface area contributed by atoms with Crippen molar-refractivity contribution in [2.75, 3.05) is 0 Å². The summed E-state index contributed by atoms with van der Waals surface area (Å²) in [7, 11) is 0. The molecule has 7 nitrogen and oxygen atoms in total. The molecule has 178 valence electrons. The van der Waals surface area contributed by atoms with Crippen molar-refractivity contribution < 1.29 is 5.11 Å². The van der Waals surface area contributed by atoms with E-state index >= 15 is 0 Å². The second-order valence-corrected chi connectivity index (χ2v) is 9.91. The van der Waals surface area contributed by atoms with Crippen LogP contribution in [0.25, 0.3) is 5.69 Å². The minimum Gasteiger partial charge on any atom is -0.505 e. The monoisotopic (exact) mass is 459 g/mol. The predicted octanol–water partition coefficient (Wildman–Crippen LogP) is 5.99. The van der Waals surface area contributed by atoms with Crippen LogP contribution in [-0.2, 0) is 0 Å². The normalized spacial score (nSPS) is 20.8. The third kappa shape index (κ3) is 4.57. The number of aromatic amines is 1. The molecule has 2 aromatic carbocycles. The molecule has 1 aromatic heterocycles. The molecule has 0 saturated heterocycles. The third-order valence-electron chi connectivity index (χ3n) is 7.26. The maximum Gasteiger partial charge on any atom is 0.299 e. The molecule has 2 saturated carbocycles. The lowest BCUT2D eigenvalue weighted by Gasteiger charge is -2.30. The molecule has 5 rings (SSSR count). The maximum atomic E-state index is 13.0. The summed E-state index contributed by atoms with van der Waals surface area (Å²) in [4.78, 5) is 13.0. The molecule has 2 fully saturated rings. The van der Waals surface area contributed by atoms with Gasteiger partial charge in [0.25, 0.3) is 5.56 Å². The lowest BCUT2D eigenvalue weighted by Crippen LogP contribution is -2.34. The van der Waals surface area contributed by atoms with Crippen LogP contribution in [0.5, 0.6) is 5.75 Å². The minimum atomic E-state index is -0.263. The number of H-pyrrole nitrogens is 1. The van der Waals surface area contributed by atoms with Gasteiger partial charge in [0.1, 0.15) is 11.4 Å². The second kappa shape index (κ2) is 9.22. The summed E-state index contributed by atoms with van der Waals surface area (Å²) in [6.07, 6.45) is 7.02. The van der Waals surface area contributed by atoms with Crippen molar-refractivity contribution in [3.8, 4) is 11.4 Å². The molecule has 0 bridgehead atoms. The average molecular weight is 460 g/mol. The number of nitrogens with zero attached hydrogens (tertiary/aromatic N) is 3. The van der Waals surface area contributed by atoms with E-state index in [1.54, 1.807) is 13.0 Å². The van der Waals surface area contributed by atoms with Crippen molar-refractivity contribution in [2.45, 2.75) is 77.3 Å². The number of para-hydroxylation sites is 1. The Hall–Kier alpha value is -3.19. The van der Waals surface area contributed by atoms with Gasteiger partial charge < -0.3 is 10.4 Å². The Morgan fingerprint density at radius 2 is 1.82 bits per heavy atom. The molecule has 7 heteroatoms. The first-order valence-electron chi connectivity index (χ1n) is 12.3. The molecule has 0 aliphatic heterocycles. The zero-order valence-electron chi connectivity index (χ0n) is 20.1. The van der Waals surface area contributed by atoms with E-state index in [0.717, 1.165) is 36.1 Å².